The fraction of sp³-hybridized carbons (Fsp3) is 0.526. The highest BCUT2D eigenvalue weighted by Gasteiger charge is 2.23. The Hall–Kier alpha value is -1.27. The van der Waals surface area contributed by atoms with Gasteiger partial charge in [-0.1, -0.05) is 25.1 Å². The molecule has 0 radical (unpaired) electrons. The Morgan fingerprint density at radius 2 is 2.00 bits per heavy atom. The van der Waals surface area contributed by atoms with Gasteiger partial charge < -0.3 is 20.9 Å². The minimum atomic E-state index is -0.502. The third-order valence-corrected chi connectivity index (χ3v) is 4.93. The first-order valence-electron chi connectivity index (χ1n) is 9.00. The fourth-order valence-electron chi connectivity index (χ4n) is 3.56. The molecule has 5 nitrogen and oxygen atoms in total. The maximum Gasteiger partial charge on any atom is 0.237 e. The van der Waals surface area contributed by atoms with Gasteiger partial charge in [0.25, 0.3) is 0 Å². The number of halogens is 2. The van der Waals surface area contributed by atoms with Crippen molar-refractivity contribution in [1.82, 2.24) is 15.2 Å². The molecule has 7 heteroatoms. The number of hydrogen-bond donors (Lipinski definition) is 3. The zero-order valence-electron chi connectivity index (χ0n) is 15.2. The Bertz CT molecular complexity index is 683. The van der Waals surface area contributed by atoms with Crippen LogP contribution in [0.3, 0.4) is 0 Å². The molecule has 1 aliphatic rings. The average Bonchev–Trinajstić information content (AvgIpc) is 3.00. The second-order valence-corrected chi connectivity index (χ2v) is 6.79. The fourth-order valence-corrected chi connectivity index (χ4v) is 3.56. The molecular weight excluding hydrogens is 371 g/mol. The predicted molar refractivity (Wildman–Crippen MR) is 112 cm³/mol. The minimum absolute atomic E-state index is 0. The highest BCUT2D eigenvalue weighted by atomic mass is 35.5. The summed E-state index contributed by atoms with van der Waals surface area (Å²) in [5.74, 6) is -0.0331. The van der Waals surface area contributed by atoms with E-state index in [0.717, 1.165) is 48.9 Å². The van der Waals surface area contributed by atoms with Crippen LogP contribution < -0.4 is 11.1 Å². The van der Waals surface area contributed by atoms with Crippen LogP contribution in [0.4, 0.5) is 0 Å². The van der Waals surface area contributed by atoms with Crippen LogP contribution in [0.2, 0.25) is 0 Å². The van der Waals surface area contributed by atoms with E-state index in [4.69, 9.17) is 5.73 Å². The van der Waals surface area contributed by atoms with Crippen molar-refractivity contribution in [1.29, 1.82) is 0 Å². The van der Waals surface area contributed by atoms with Crippen molar-refractivity contribution >= 4 is 41.6 Å². The Morgan fingerprint density at radius 3 is 2.69 bits per heavy atom. The molecule has 1 atom stereocenters. The Balaban J connectivity index is 0.00000169. The van der Waals surface area contributed by atoms with Gasteiger partial charge in [-0.15, -0.1) is 24.8 Å². The van der Waals surface area contributed by atoms with Crippen LogP contribution in [0, 0.1) is 0 Å². The first-order valence-corrected chi connectivity index (χ1v) is 9.00. The van der Waals surface area contributed by atoms with E-state index in [2.05, 4.69) is 28.2 Å². The molecule has 1 aromatic carbocycles. The molecule has 2 heterocycles. The molecule has 2 aromatic rings. The van der Waals surface area contributed by atoms with Crippen molar-refractivity contribution in [2.75, 3.05) is 19.6 Å². The molecule has 0 aliphatic carbocycles. The van der Waals surface area contributed by atoms with Crippen molar-refractivity contribution in [3.63, 3.8) is 0 Å². The average molecular weight is 401 g/mol. The lowest BCUT2D eigenvalue weighted by molar-refractivity contribution is -0.123. The molecule has 1 saturated heterocycles. The standard InChI is InChI=1S/C19H28N4O.2ClH/c1-2-9-23-10-7-15(8-11-23)22-19(24)17(20)12-14-13-21-18-6-4-3-5-16(14)18;;/h3-6,13,15,17,21H,2,7-12,20H2,1H3,(H,22,24);2*1H/t17-;;/m0../s1. The molecule has 1 aromatic heterocycles. The summed E-state index contributed by atoms with van der Waals surface area (Å²) in [5.41, 5.74) is 8.34. The molecule has 1 aliphatic heterocycles. The number of aromatic amines is 1. The van der Waals surface area contributed by atoms with Gasteiger partial charge in [-0.2, -0.15) is 0 Å². The number of hydrogen-bond acceptors (Lipinski definition) is 3. The van der Waals surface area contributed by atoms with E-state index in [1.807, 2.05) is 24.4 Å². The Labute approximate surface area is 167 Å². The molecule has 26 heavy (non-hydrogen) atoms. The van der Waals surface area contributed by atoms with Gasteiger partial charge in [0.1, 0.15) is 0 Å². The zero-order chi connectivity index (χ0) is 16.9. The van der Waals surface area contributed by atoms with Crippen LogP contribution in [-0.4, -0.2) is 47.5 Å². The first kappa shape index (κ1) is 22.8. The minimum Gasteiger partial charge on any atom is -0.361 e. The molecule has 0 spiro atoms. The van der Waals surface area contributed by atoms with Crippen LogP contribution in [0.25, 0.3) is 10.9 Å². The van der Waals surface area contributed by atoms with Gasteiger partial charge in [-0.3, -0.25) is 4.79 Å². The van der Waals surface area contributed by atoms with E-state index in [1.54, 1.807) is 0 Å². The van der Waals surface area contributed by atoms with Crippen molar-refractivity contribution in [2.24, 2.45) is 5.73 Å². The molecular formula is C19H30Cl2N4O. The molecule has 3 rings (SSSR count). The van der Waals surface area contributed by atoms with Crippen molar-refractivity contribution in [3.8, 4) is 0 Å². The van der Waals surface area contributed by atoms with Gasteiger partial charge in [0.2, 0.25) is 5.91 Å². The molecule has 146 valence electrons. The number of fused-ring (bicyclic) bond motifs is 1. The maximum atomic E-state index is 12.4. The summed E-state index contributed by atoms with van der Waals surface area (Å²) >= 11 is 0. The number of nitrogens with zero attached hydrogens (tertiary/aromatic N) is 1. The third-order valence-electron chi connectivity index (χ3n) is 4.93. The smallest absolute Gasteiger partial charge is 0.237 e. The van der Waals surface area contributed by atoms with Crippen LogP contribution in [0.5, 0.6) is 0 Å². The zero-order valence-corrected chi connectivity index (χ0v) is 16.9. The number of amides is 1. The number of piperidine rings is 1. The lowest BCUT2D eigenvalue weighted by Crippen LogP contribution is -2.50. The van der Waals surface area contributed by atoms with E-state index in [9.17, 15) is 4.79 Å². The van der Waals surface area contributed by atoms with Crippen LogP contribution in [-0.2, 0) is 11.2 Å². The summed E-state index contributed by atoms with van der Waals surface area (Å²) in [6.07, 6.45) is 5.75. The third kappa shape index (κ3) is 5.61. The number of aromatic nitrogens is 1. The topological polar surface area (TPSA) is 74.2 Å². The van der Waals surface area contributed by atoms with Crippen molar-refractivity contribution in [2.45, 2.75) is 44.7 Å². The summed E-state index contributed by atoms with van der Waals surface area (Å²) in [7, 11) is 0. The second-order valence-electron chi connectivity index (χ2n) is 6.79. The van der Waals surface area contributed by atoms with Gasteiger partial charge in [0.15, 0.2) is 0 Å². The number of likely N-dealkylation sites (tertiary alicyclic amines) is 1. The lowest BCUT2D eigenvalue weighted by atomic mass is 10.0. The largest absolute Gasteiger partial charge is 0.361 e. The number of benzene rings is 1. The Kier molecular flexibility index (Phi) is 9.44. The summed E-state index contributed by atoms with van der Waals surface area (Å²) in [6, 6.07) is 7.87. The summed E-state index contributed by atoms with van der Waals surface area (Å²) in [6.45, 7) is 5.49. The summed E-state index contributed by atoms with van der Waals surface area (Å²) in [5, 5.41) is 4.29. The molecule has 0 saturated carbocycles. The number of carbonyl (C=O) groups is 1. The SMILES string of the molecule is CCCN1CCC(NC(=O)[C@@H](N)Cc2c[nH]c3ccccc23)CC1.Cl.Cl. The summed E-state index contributed by atoms with van der Waals surface area (Å²) in [4.78, 5) is 18.1. The van der Waals surface area contributed by atoms with Gasteiger partial charge >= 0.3 is 0 Å². The summed E-state index contributed by atoms with van der Waals surface area (Å²) < 4.78 is 0. The van der Waals surface area contributed by atoms with Crippen LogP contribution in [0.15, 0.2) is 30.5 Å². The van der Waals surface area contributed by atoms with Gasteiger partial charge in [-0.05, 0) is 43.9 Å². The molecule has 0 unspecified atom stereocenters. The maximum absolute atomic E-state index is 12.4. The van der Waals surface area contributed by atoms with Gasteiger partial charge in [0, 0.05) is 36.2 Å². The van der Waals surface area contributed by atoms with Crippen LogP contribution in [0.1, 0.15) is 31.7 Å². The second kappa shape index (κ2) is 10.8. The predicted octanol–water partition coefficient (Wildman–Crippen LogP) is 2.87. The van der Waals surface area contributed by atoms with E-state index >= 15 is 0 Å². The quantitative estimate of drug-likeness (QED) is 0.697. The van der Waals surface area contributed by atoms with E-state index in [-0.39, 0.29) is 36.8 Å². The van der Waals surface area contributed by atoms with Crippen LogP contribution >= 0.6 is 24.8 Å². The molecule has 1 amide bonds. The number of nitrogens with two attached hydrogens (primary N) is 1. The first-order chi connectivity index (χ1) is 11.7. The number of H-pyrrole nitrogens is 1. The number of para-hydroxylation sites is 1. The normalized spacial score (nSPS) is 16.5. The molecule has 4 N–H and O–H groups in total. The highest BCUT2D eigenvalue weighted by molar-refractivity contribution is 5.86. The van der Waals surface area contributed by atoms with E-state index in [1.165, 1.54) is 6.42 Å². The van der Waals surface area contributed by atoms with Crippen molar-refractivity contribution in [3.05, 3.63) is 36.0 Å². The Morgan fingerprint density at radius 1 is 1.31 bits per heavy atom. The number of nitrogens with one attached hydrogen (secondary N) is 2. The van der Waals surface area contributed by atoms with E-state index in [0.29, 0.717) is 6.42 Å². The monoisotopic (exact) mass is 400 g/mol. The number of rotatable bonds is 6. The number of carbonyl (C=O) groups excluding carboxylic acids is 1. The lowest BCUT2D eigenvalue weighted by Gasteiger charge is -2.32. The van der Waals surface area contributed by atoms with Gasteiger partial charge in [0.05, 0.1) is 6.04 Å². The molecule has 0 bridgehead atoms. The highest BCUT2D eigenvalue weighted by Crippen LogP contribution is 2.19. The van der Waals surface area contributed by atoms with Crippen molar-refractivity contribution < 1.29 is 4.79 Å². The van der Waals surface area contributed by atoms with E-state index < -0.39 is 6.04 Å². The molecule has 1 fully saturated rings. The van der Waals surface area contributed by atoms with Gasteiger partial charge in [-0.25, -0.2) is 0 Å².